The van der Waals surface area contributed by atoms with Crippen molar-refractivity contribution in [3.8, 4) is 0 Å². The summed E-state index contributed by atoms with van der Waals surface area (Å²) in [5, 5.41) is 7.48. The standard InChI is InChI=1S/C10H13N3O2/c1-2-15-10(14)5-3-4-8-6-7-9(11)13-12-8/h3-4,6-7H,2,5H2,1H3,(H2,11,13). The molecule has 15 heavy (non-hydrogen) atoms. The predicted molar refractivity (Wildman–Crippen MR) is 56.7 cm³/mol. The van der Waals surface area contributed by atoms with Crippen molar-refractivity contribution in [2.75, 3.05) is 12.3 Å². The van der Waals surface area contributed by atoms with Crippen molar-refractivity contribution in [1.82, 2.24) is 10.2 Å². The molecule has 0 aromatic carbocycles. The maximum absolute atomic E-state index is 11.0. The van der Waals surface area contributed by atoms with Gasteiger partial charge in [-0.1, -0.05) is 6.08 Å². The maximum atomic E-state index is 11.0. The highest BCUT2D eigenvalue weighted by atomic mass is 16.5. The number of nitrogens with two attached hydrogens (primary N) is 1. The molecule has 0 aliphatic carbocycles. The molecule has 0 amide bonds. The van der Waals surface area contributed by atoms with E-state index >= 15 is 0 Å². The Bertz CT molecular complexity index is 346. The molecule has 0 aliphatic heterocycles. The van der Waals surface area contributed by atoms with Gasteiger partial charge in [-0.05, 0) is 25.1 Å². The van der Waals surface area contributed by atoms with Crippen molar-refractivity contribution in [2.45, 2.75) is 13.3 Å². The molecule has 1 aromatic rings. The number of hydrogen-bond donors (Lipinski definition) is 1. The number of rotatable bonds is 4. The molecule has 2 N–H and O–H groups in total. The van der Waals surface area contributed by atoms with Crippen LogP contribution in [0.3, 0.4) is 0 Å². The maximum Gasteiger partial charge on any atom is 0.309 e. The highest BCUT2D eigenvalue weighted by molar-refractivity contribution is 5.72. The second-order valence-electron chi connectivity index (χ2n) is 2.79. The van der Waals surface area contributed by atoms with Crippen LogP contribution in [-0.2, 0) is 9.53 Å². The van der Waals surface area contributed by atoms with E-state index in [0.717, 1.165) is 0 Å². The Balaban J connectivity index is 2.44. The molecular weight excluding hydrogens is 194 g/mol. The minimum Gasteiger partial charge on any atom is -0.466 e. The van der Waals surface area contributed by atoms with Gasteiger partial charge in [0.1, 0.15) is 5.82 Å². The fraction of sp³-hybridized carbons (Fsp3) is 0.300. The van der Waals surface area contributed by atoms with Gasteiger partial charge in [-0.2, -0.15) is 0 Å². The first-order valence-electron chi connectivity index (χ1n) is 4.63. The van der Waals surface area contributed by atoms with E-state index in [1.165, 1.54) is 0 Å². The van der Waals surface area contributed by atoms with E-state index in [0.29, 0.717) is 18.1 Å². The van der Waals surface area contributed by atoms with Gasteiger partial charge in [0, 0.05) is 0 Å². The van der Waals surface area contributed by atoms with E-state index in [1.54, 1.807) is 31.2 Å². The summed E-state index contributed by atoms with van der Waals surface area (Å²) in [5.41, 5.74) is 6.03. The number of carbonyl (C=O) groups excluding carboxylic acids is 1. The van der Waals surface area contributed by atoms with Gasteiger partial charge in [-0.25, -0.2) is 0 Å². The Kier molecular flexibility index (Phi) is 4.28. The van der Waals surface area contributed by atoms with Crippen LogP contribution < -0.4 is 5.73 Å². The van der Waals surface area contributed by atoms with Crippen LogP contribution in [0.15, 0.2) is 18.2 Å². The van der Waals surface area contributed by atoms with Crippen LogP contribution in [0.1, 0.15) is 19.0 Å². The van der Waals surface area contributed by atoms with E-state index in [-0.39, 0.29) is 12.4 Å². The zero-order valence-electron chi connectivity index (χ0n) is 8.51. The van der Waals surface area contributed by atoms with Crippen LogP contribution in [0.2, 0.25) is 0 Å². The fourth-order valence-electron chi connectivity index (χ4n) is 0.938. The first kappa shape index (κ1) is 11.2. The third kappa shape index (κ3) is 4.21. The molecule has 0 fully saturated rings. The zero-order valence-corrected chi connectivity index (χ0v) is 8.51. The van der Waals surface area contributed by atoms with Crippen LogP contribution in [0.25, 0.3) is 6.08 Å². The van der Waals surface area contributed by atoms with Crippen LogP contribution in [0, 0.1) is 0 Å². The lowest BCUT2D eigenvalue weighted by atomic mass is 10.3. The number of anilines is 1. The Morgan fingerprint density at radius 3 is 2.93 bits per heavy atom. The van der Waals surface area contributed by atoms with Crippen molar-refractivity contribution in [2.24, 2.45) is 0 Å². The second-order valence-corrected chi connectivity index (χ2v) is 2.79. The van der Waals surface area contributed by atoms with Crippen molar-refractivity contribution >= 4 is 17.9 Å². The number of nitrogens with zero attached hydrogens (tertiary/aromatic N) is 2. The van der Waals surface area contributed by atoms with E-state index in [2.05, 4.69) is 10.2 Å². The van der Waals surface area contributed by atoms with Gasteiger partial charge in [0.25, 0.3) is 0 Å². The third-order valence-electron chi connectivity index (χ3n) is 1.58. The first-order chi connectivity index (χ1) is 7.22. The average molecular weight is 207 g/mol. The number of ether oxygens (including phenoxy) is 1. The molecule has 5 nitrogen and oxygen atoms in total. The van der Waals surface area contributed by atoms with Gasteiger partial charge >= 0.3 is 5.97 Å². The molecule has 0 radical (unpaired) electrons. The number of hydrogen-bond acceptors (Lipinski definition) is 5. The fourth-order valence-corrected chi connectivity index (χ4v) is 0.938. The van der Waals surface area contributed by atoms with E-state index < -0.39 is 0 Å². The smallest absolute Gasteiger partial charge is 0.309 e. The van der Waals surface area contributed by atoms with Gasteiger partial charge in [0.2, 0.25) is 0 Å². The molecule has 80 valence electrons. The van der Waals surface area contributed by atoms with Gasteiger partial charge in [0.05, 0.1) is 18.7 Å². The van der Waals surface area contributed by atoms with E-state index in [9.17, 15) is 4.79 Å². The summed E-state index contributed by atoms with van der Waals surface area (Å²) in [6.07, 6.45) is 3.61. The lowest BCUT2D eigenvalue weighted by molar-refractivity contribution is -0.142. The molecular formula is C10H13N3O2. The molecule has 0 saturated carbocycles. The number of carbonyl (C=O) groups is 1. The van der Waals surface area contributed by atoms with E-state index in [4.69, 9.17) is 10.5 Å². The third-order valence-corrected chi connectivity index (χ3v) is 1.58. The summed E-state index contributed by atoms with van der Waals surface area (Å²) in [7, 11) is 0. The number of aromatic nitrogens is 2. The average Bonchev–Trinajstić information content (AvgIpc) is 2.21. The molecule has 0 saturated heterocycles. The minimum absolute atomic E-state index is 0.236. The van der Waals surface area contributed by atoms with Gasteiger partial charge in [0.15, 0.2) is 0 Å². The molecule has 1 heterocycles. The summed E-state index contributed by atoms with van der Waals surface area (Å²) in [4.78, 5) is 11.0. The van der Waals surface area contributed by atoms with Crippen LogP contribution in [0.4, 0.5) is 5.82 Å². The quantitative estimate of drug-likeness (QED) is 0.746. The normalized spacial score (nSPS) is 10.5. The van der Waals surface area contributed by atoms with Gasteiger partial charge in [-0.3, -0.25) is 4.79 Å². The zero-order chi connectivity index (χ0) is 11.1. The Morgan fingerprint density at radius 1 is 1.53 bits per heavy atom. The van der Waals surface area contributed by atoms with Crippen LogP contribution >= 0.6 is 0 Å². The SMILES string of the molecule is CCOC(=O)CC=Cc1ccc(N)nn1. The monoisotopic (exact) mass is 207 g/mol. The molecule has 0 unspecified atom stereocenters. The summed E-state index contributed by atoms with van der Waals surface area (Å²) in [5.74, 6) is 0.120. The molecule has 0 aliphatic rings. The Labute approximate surface area is 88.0 Å². The molecule has 1 rings (SSSR count). The van der Waals surface area contributed by atoms with Gasteiger partial charge in [-0.15, -0.1) is 10.2 Å². The van der Waals surface area contributed by atoms with E-state index in [1.807, 2.05) is 0 Å². The topological polar surface area (TPSA) is 78.1 Å². The van der Waals surface area contributed by atoms with Crippen LogP contribution in [-0.4, -0.2) is 22.8 Å². The summed E-state index contributed by atoms with van der Waals surface area (Å²) >= 11 is 0. The first-order valence-corrected chi connectivity index (χ1v) is 4.63. The van der Waals surface area contributed by atoms with Gasteiger partial charge < -0.3 is 10.5 Å². The predicted octanol–water partition coefficient (Wildman–Crippen LogP) is 1.03. The molecule has 0 atom stereocenters. The summed E-state index contributed by atoms with van der Waals surface area (Å²) in [6.45, 7) is 2.17. The van der Waals surface area contributed by atoms with Crippen molar-refractivity contribution in [3.63, 3.8) is 0 Å². The number of nitrogen functional groups attached to an aromatic ring is 1. The highest BCUT2D eigenvalue weighted by Gasteiger charge is 1.96. The lowest BCUT2D eigenvalue weighted by Gasteiger charge is -1.96. The number of esters is 1. The van der Waals surface area contributed by atoms with Crippen molar-refractivity contribution in [1.29, 1.82) is 0 Å². The lowest BCUT2D eigenvalue weighted by Crippen LogP contribution is -2.01. The van der Waals surface area contributed by atoms with Crippen LogP contribution in [0.5, 0.6) is 0 Å². The summed E-state index contributed by atoms with van der Waals surface area (Å²) in [6, 6.07) is 3.38. The largest absolute Gasteiger partial charge is 0.466 e. The Hall–Kier alpha value is -1.91. The minimum atomic E-state index is -0.253. The Morgan fingerprint density at radius 2 is 2.33 bits per heavy atom. The second kappa shape index (κ2) is 5.74. The highest BCUT2D eigenvalue weighted by Crippen LogP contribution is 2.00. The molecule has 1 aromatic heterocycles. The van der Waals surface area contributed by atoms with Crippen molar-refractivity contribution < 1.29 is 9.53 Å². The van der Waals surface area contributed by atoms with Crippen molar-refractivity contribution in [3.05, 3.63) is 23.9 Å². The molecule has 5 heteroatoms. The summed E-state index contributed by atoms with van der Waals surface area (Å²) < 4.78 is 4.75. The molecule has 0 bridgehead atoms. The molecule has 0 spiro atoms.